The molecule has 128 valence electrons. The van der Waals surface area contributed by atoms with Crippen molar-refractivity contribution in [2.45, 2.75) is 32.6 Å². The lowest BCUT2D eigenvalue weighted by Gasteiger charge is -2.17. The van der Waals surface area contributed by atoms with Gasteiger partial charge in [0, 0.05) is 6.42 Å². The molecule has 23 heavy (non-hydrogen) atoms. The number of rotatable bonds is 9. The summed E-state index contributed by atoms with van der Waals surface area (Å²) in [6.07, 6.45) is 2.63. The van der Waals surface area contributed by atoms with Crippen molar-refractivity contribution in [2.75, 3.05) is 13.7 Å². The second kappa shape index (κ2) is 8.84. The summed E-state index contributed by atoms with van der Waals surface area (Å²) in [6.45, 7) is 1.50. The molecular weight excluding hydrogens is 345 g/mol. The van der Waals surface area contributed by atoms with E-state index in [1.807, 2.05) is 6.92 Å². The van der Waals surface area contributed by atoms with Gasteiger partial charge in [-0.2, -0.15) is 0 Å². The van der Waals surface area contributed by atoms with Gasteiger partial charge in [-0.05, 0) is 6.42 Å². The van der Waals surface area contributed by atoms with Gasteiger partial charge in [-0.3, -0.25) is 9.59 Å². The Labute approximate surface area is 144 Å². The van der Waals surface area contributed by atoms with E-state index in [-0.39, 0.29) is 39.3 Å². The number of phenols is 1. The van der Waals surface area contributed by atoms with E-state index in [0.29, 0.717) is 6.42 Å². The van der Waals surface area contributed by atoms with Crippen LogP contribution in [0.3, 0.4) is 0 Å². The zero-order valence-electron chi connectivity index (χ0n) is 12.9. The summed E-state index contributed by atoms with van der Waals surface area (Å²) >= 11 is 12.1. The standard InChI is InChI=1S/C15H19Cl2NO5/c1-3-4-5-6-8(19)10-13(21)11(16)15(22-2)12(17)14(10)23-7-9(18)20/h21H,3-7H2,1-2H3,(H2,18,20). The Bertz CT molecular complexity index is 604. The molecule has 0 aromatic heterocycles. The van der Waals surface area contributed by atoms with Crippen molar-refractivity contribution in [1.82, 2.24) is 0 Å². The molecule has 1 aromatic carbocycles. The molecule has 0 radical (unpaired) electrons. The predicted molar refractivity (Wildman–Crippen MR) is 87.8 cm³/mol. The van der Waals surface area contributed by atoms with Crippen LogP contribution in [0.4, 0.5) is 0 Å². The molecule has 6 nitrogen and oxygen atoms in total. The molecule has 8 heteroatoms. The molecule has 1 aromatic rings. The van der Waals surface area contributed by atoms with Crippen LogP contribution in [0.25, 0.3) is 0 Å². The van der Waals surface area contributed by atoms with Crippen LogP contribution in [0.5, 0.6) is 17.2 Å². The van der Waals surface area contributed by atoms with Crippen LogP contribution < -0.4 is 15.2 Å². The van der Waals surface area contributed by atoms with Gasteiger partial charge < -0.3 is 20.3 Å². The number of hydrogen-bond acceptors (Lipinski definition) is 5. The summed E-state index contributed by atoms with van der Waals surface area (Å²) < 4.78 is 10.2. The molecule has 0 unspecified atom stereocenters. The first-order valence-electron chi connectivity index (χ1n) is 7.07. The van der Waals surface area contributed by atoms with Crippen LogP contribution in [0.2, 0.25) is 10.0 Å². The normalized spacial score (nSPS) is 10.4. The Morgan fingerprint density at radius 2 is 1.83 bits per heavy atom. The highest BCUT2D eigenvalue weighted by Crippen LogP contribution is 2.49. The van der Waals surface area contributed by atoms with Gasteiger partial charge in [-0.1, -0.05) is 43.0 Å². The molecule has 1 amide bonds. The Hall–Kier alpha value is -1.66. The highest BCUT2D eigenvalue weighted by atomic mass is 35.5. The van der Waals surface area contributed by atoms with Crippen LogP contribution in [0, 0.1) is 0 Å². The third-order valence-electron chi connectivity index (χ3n) is 3.12. The molecule has 1 rings (SSSR count). The number of ketones is 1. The number of halogens is 2. The summed E-state index contributed by atoms with van der Waals surface area (Å²) in [6, 6.07) is 0. The first kappa shape index (κ1) is 19.4. The van der Waals surface area contributed by atoms with E-state index in [9.17, 15) is 14.7 Å². The lowest BCUT2D eigenvalue weighted by atomic mass is 10.0. The van der Waals surface area contributed by atoms with Crippen molar-refractivity contribution in [3.8, 4) is 17.2 Å². The van der Waals surface area contributed by atoms with Crippen molar-refractivity contribution >= 4 is 34.9 Å². The fourth-order valence-electron chi connectivity index (χ4n) is 2.01. The minimum atomic E-state index is -0.751. The number of aromatic hydroxyl groups is 1. The molecule has 0 aliphatic heterocycles. The first-order chi connectivity index (χ1) is 10.8. The number of benzene rings is 1. The number of ether oxygens (including phenoxy) is 2. The zero-order valence-corrected chi connectivity index (χ0v) is 14.5. The summed E-state index contributed by atoms with van der Waals surface area (Å²) in [4.78, 5) is 23.3. The van der Waals surface area contributed by atoms with Crippen LogP contribution in [0.15, 0.2) is 0 Å². The average molecular weight is 364 g/mol. The van der Waals surface area contributed by atoms with Crippen molar-refractivity contribution in [2.24, 2.45) is 5.73 Å². The minimum Gasteiger partial charge on any atom is -0.505 e. The van der Waals surface area contributed by atoms with E-state index < -0.39 is 18.3 Å². The Kier molecular flexibility index (Phi) is 7.45. The number of amides is 1. The van der Waals surface area contributed by atoms with Gasteiger partial charge in [0.1, 0.15) is 15.6 Å². The third kappa shape index (κ3) is 4.65. The number of phenolic OH excluding ortho intramolecular Hbond substituents is 1. The fraction of sp³-hybridized carbons (Fsp3) is 0.467. The van der Waals surface area contributed by atoms with E-state index in [4.69, 9.17) is 38.4 Å². The number of nitrogens with two attached hydrogens (primary N) is 1. The molecule has 0 atom stereocenters. The minimum absolute atomic E-state index is 0.0459. The highest BCUT2D eigenvalue weighted by molar-refractivity contribution is 6.40. The number of hydrogen-bond donors (Lipinski definition) is 2. The van der Waals surface area contributed by atoms with E-state index in [2.05, 4.69) is 0 Å². The second-order valence-corrected chi connectivity index (χ2v) is 5.61. The van der Waals surface area contributed by atoms with Gasteiger partial charge in [0.2, 0.25) is 0 Å². The largest absolute Gasteiger partial charge is 0.505 e. The van der Waals surface area contributed by atoms with Crippen molar-refractivity contribution in [1.29, 1.82) is 0 Å². The van der Waals surface area contributed by atoms with Crippen LogP contribution in [0.1, 0.15) is 43.0 Å². The van der Waals surface area contributed by atoms with E-state index in [1.54, 1.807) is 0 Å². The summed E-state index contributed by atoms with van der Waals surface area (Å²) in [5.41, 5.74) is 4.87. The van der Waals surface area contributed by atoms with E-state index in [0.717, 1.165) is 12.8 Å². The molecule has 0 spiro atoms. The van der Waals surface area contributed by atoms with Gasteiger partial charge in [0.05, 0.1) is 7.11 Å². The van der Waals surface area contributed by atoms with E-state index in [1.165, 1.54) is 7.11 Å². The summed E-state index contributed by atoms with van der Waals surface area (Å²) in [5, 5.41) is 9.93. The number of carbonyl (C=O) groups excluding carboxylic acids is 2. The maximum atomic E-state index is 12.4. The maximum Gasteiger partial charge on any atom is 0.255 e. The van der Waals surface area contributed by atoms with Gasteiger partial charge >= 0.3 is 0 Å². The molecular formula is C15H19Cl2NO5. The third-order valence-corrected chi connectivity index (χ3v) is 3.81. The summed E-state index contributed by atoms with van der Waals surface area (Å²) in [5.74, 6) is -1.84. The second-order valence-electron chi connectivity index (χ2n) is 4.85. The predicted octanol–water partition coefficient (Wildman–Crippen LogP) is 3.33. The van der Waals surface area contributed by atoms with Gasteiger partial charge in [0.15, 0.2) is 29.6 Å². The van der Waals surface area contributed by atoms with Crippen LogP contribution in [-0.4, -0.2) is 30.5 Å². The fourth-order valence-corrected chi connectivity index (χ4v) is 2.65. The molecule has 3 N–H and O–H groups in total. The highest BCUT2D eigenvalue weighted by Gasteiger charge is 2.28. The molecule has 0 saturated heterocycles. The Morgan fingerprint density at radius 1 is 1.17 bits per heavy atom. The number of primary amides is 1. The SMILES string of the molecule is CCCCCC(=O)c1c(O)c(Cl)c(OC)c(Cl)c1OCC(N)=O. The molecule has 0 aliphatic rings. The van der Waals surface area contributed by atoms with Crippen molar-refractivity contribution < 1.29 is 24.2 Å². The van der Waals surface area contributed by atoms with Gasteiger partial charge in [-0.15, -0.1) is 0 Å². The van der Waals surface area contributed by atoms with Crippen molar-refractivity contribution in [3.63, 3.8) is 0 Å². The molecule has 0 fully saturated rings. The van der Waals surface area contributed by atoms with Crippen LogP contribution >= 0.6 is 23.2 Å². The van der Waals surface area contributed by atoms with E-state index >= 15 is 0 Å². The number of unbranched alkanes of at least 4 members (excludes halogenated alkanes) is 2. The molecule has 0 saturated carbocycles. The van der Waals surface area contributed by atoms with Gasteiger partial charge in [0.25, 0.3) is 5.91 Å². The van der Waals surface area contributed by atoms with Gasteiger partial charge in [-0.25, -0.2) is 0 Å². The number of Topliss-reactive ketones (excluding diaryl/α,β-unsaturated/α-hetero) is 1. The lowest BCUT2D eigenvalue weighted by molar-refractivity contribution is -0.119. The summed E-state index contributed by atoms with van der Waals surface area (Å²) in [7, 11) is 1.30. The molecule has 0 aliphatic carbocycles. The Morgan fingerprint density at radius 3 is 2.35 bits per heavy atom. The van der Waals surface area contributed by atoms with Crippen LogP contribution in [-0.2, 0) is 4.79 Å². The Balaban J connectivity index is 3.34. The topological polar surface area (TPSA) is 98.8 Å². The lowest BCUT2D eigenvalue weighted by Crippen LogP contribution is -2.21. The monoisotopic (exact) mass is 363 g/mol. The number of methoxy groups -OCH3 is 1. The number of carbonyl (C=O) groups is 2. The van der Waals surface area contributed by atoms with Crippen molar-refractivity contribution in [3.05, 3.63) is 15.6 Å². The molecule has 0 heterocycles. The maximum absolute atomic E-state index is 12.4. The first-order valence-corrected chi connectivity index (χ1v) is 7.82. The quantitative estimate of drug-likeness (QED) is 0.517. The molecule has 0 bridgehead atoms. The zero-order chi connectivity index (χ0) is 17.6. The smallest absolute Gasteiger partial charge is 0.255 e. The average Bonchev–Trinajstić information content (AvgIpc) is 2.50.